The molecule has 0 aliphatic rings. The van der Waals surface area contributed by atoms with Crippen molar-refractivity contribution < 1.29 is 0 Å². The first-order valence-electron chi connectivity index (χ1n) is 2.76. The Labute approximate surface area is 59.2 Å². The Bertz CT molecular complexity index is 194. The Morgan fingerprint density at radius 2 is 2.44 bits per heavy atom. The van der Waals surface area contributed by atoms with Crippen LogP contribution in [0.3, 0.4) is 0 Å². The van der Waals surface area contributed by atoms with E-state index in [1.807, 2.05) is 18.2 Å². The minimum Gasteiger partial charge on any atom is -0.144 e. The molecule has 0 saturated heterocycles. The van der Waals surface area contributed by atoms with Gasteiger partial charge in [0.2, 0.25) is 0 Å². The average molecular weight is 136 g/mol. The maximum absolute atomic E-state index is 3.58. The van der Waals surface area contributed by atoms with Gasteiger partial charge in [-0.2, -0.15) is 0 Å². The lowest BCUT2D eigenvalue weighted by molar-refractivity contribution is 1.94. The normalized spacial score (nSPS) is 10.2. The van der Waals surface area contributed by atoms with E-state index in [1.54, 1.807) is 17.4 Å². The number of allylic oxidation sites excluding steroid dienone is 2. The molecule has 0 bridgehead atoms. The molecular formula is C8H8S. The number of hydrogen-bond acceptors (Lipinski definition) is 1. The first-order valence-corrected chi connectivity index (χ1v) is 3.64. The second-order valence-corrected chi connectivity index (χ2v) is 2.59. The third-order valence-corrected chi connectivity index (χ3v) is 1.78. The zero-order chi connectivity index (χ0) is 6.53. The van der Waals surface area contributed by atoms with Crippen molar-refractivity contribution in [3.63, 3.8) is 0 Å². The van der Waals surface area contributed by atoms with Crippen molar-refractivity contribution in [2.24, 2.45) is 0 Å². The molecule has 0 N–H and O–H groups in total. The summed E-state index contributed by atoms with van der Waals surface area (Å²) in [5, 5.41) is 2.06. The van der Waals surface area contributed by atoms with E-state index in [0.717, 1.165) is 0 Å². The van der Waals surface area contributed by atoms with Crippen LogP contribution in [0.15, 0.2) is 36.2 Å². The highest BCUT2D eigenvalue weighted by Gasteiger charge is 1.80. The van der Waals surface area contributed by atoms with Gasteiger partial charge in [-0.25, -0.2) is 0 Å². The molecule has 0 spiro atoms. The number of hydrogen-bond donors (Lipinski definition) is 0. The molecule has 0 nitrogen and oxygen atoms in total. The molecular weight excluding hydrogens is 128 g/mol. The second-order valence-electron chi connectivity index (χ2n) is 1.61. The molecule has 46 valence electrons. The summed E-state index contributed by atoms with van der Waals surface area (Å²) in [6.45, 7) is 3.58. The Hall–Kier alpha value is -0.820. The van der Waals surface area contributed by atoms with E-state index in [2.05, 4.69) is 18.0 Å². The summed E-state index contributed by atoms with van der Waals surface area (Å²) >= 11 is 1.73. The summed E-state index contributed by atoms with van der Waals surface area (Å²) in [6, 6.07) is 4.11. The van der Waals surface area contributed by atoms with E-state index in [9.17, 15) is 0 Å². The second kappa shape index (κ2) is 3.25. The zero-order valence-corrected chi connectivity index (χ0v) is 5.90. The monoisotopic (exact) mass is 136 g/mol. The van der Waals surface area contributed by atoms with E-state index in [-0.39, 0.29) is 0 Å². The van der Waals surface area contributed by atoms with Gasteiger partial charge in [-0.1, -0.05) is 24.8 Å². The molecule has 0 aliphatic carbocycles. The van der Waals surface area contributed by atoms with Crippen molar-refractivity contribution in [1.82, 2.24) is 0 Å². The lowest BCUT2D eigenvalue weighted by Gasteiger charge is -1.76. The van der Waals surface area contributed by atoms with Gasteiger partial charge in [0.1, 0.15) is 0 Å². The highest BCUT2D eigenvalue weighted by Crippen LogP contribution is 2.09. The van der Waals surface area contributed by atoms with Crippen LogP contribution in [-0.4, -0.2) is 0 Å². The molecule has 0 saturated carbocycles. The van der Waals surface area contributed by atoms with E-state index in [1.165, 1.54) is 4.88 Å². The van der Waals surface area contributed by atoms with Gasteiger partial charge < -0.3 is 0 Å². The van der Waals surface area contributed by atoms with Crippen LogP contribution >= 0.6 is 11.3 Å². The molecule has 1 rings (SSSR count). The van der Waals surface area contributed by atoms with Crippen LogP contribution < -0.4 is 0 Å². The lowest BCUT2D eigenvalue weighted by atomic mass is 10.4. The first kappa shape index (κ1) is 6.30. The molecule has 0 fully saturated rings. The summed E-state index contributed by atoms with van der Waals surface area (Å²) in [6.07, 6.45) is 5.75. The van der Waals surface area contributed by atoms with Crippen molar-refractivity contribution >= 4 is 17.4 Å². The van der Waals surface area contributed by atoms with E-state index in [4.69, 9.17) is 0 Å². The van der Waals surface area contributed by atoms with Crippen LogP contribution in [0, 0.1) is 0 Å². The maximum Gasteiger partial charge on any atom is 0.0270 e. The minimum atomic E-state index is 1.27. The molecule has 0 amide bonds. The highest BCUT2D eigenvalue weighted by molar-refractivity contribution is 7.10. The van der Waals surface area contributed by atoms with Crippen LogP contribution in [0.5, 0.6) is 0 Å². The minimum absolute atomic E-state index is 1.27. The topological polar surface area (TPSA) is 0 Å². The summed E-state index contributed by atoms with van der Waals surface area (Å²) in [7, 11) is 0. The predicted octanol–water partition coefficient (Wildman–Crippen LogP) is 2.95. The molecule has 9 heavy (non-hydrogen) atoms. The van der Waals surface area contributed by atoms with Crippen molar-refractivity contribution in [3.05, 3.63) is 41.1 Å². The molecule has 0 radical (unpaired) electrons. The van der Waals surface area contributed by atoms with Crippen molar-refractivity contribution in [1.29, 1.82) is 0 Å². The van der Waals surface area contributed by atoms with Crippen LogP contribution in [0.4, 0.5) is 0 Å². The highest BCUT2D eigenvalue weighted by atomic mass is 32.1. The van der Waals surface area contributed by atoms with Gasteiger partial charge in [-0.3, -0.25) is 0 Å². The van der Waals surface area contributed by atoms with E-state index < -0.39 is 0 Å². The summed E-state index contributed by atoms with van der Waals surface area (Å²) in [5.41, 5.74) is 0. The fourth-order valence-electron chi connectivity index (χ4n) is 0.549. The van der Waals surface area contributed by atoms with Gasteiger partial charge in [-0.15, -0.1) is 11.3 Å². The SMILES string of the molecule is C=CC=Cc1cccs1. The van der Waals surface area contributed by atoms with Crippen molar-refractivity contribution in [2.75, 3.05) is 0 Å². The Kier molecular flexibility index (Phi) is 2.28. The molecule has 1 heterocycles. The van der Waals surface area contributed by atoms with Gasteiger partial charge in [-0.05, 0) is 17.5 Å². The smallest absolute Gasteiger partial charge is 0.0270 e. The fourth-order valence-corrected chi connectivity index (χ4v) is 1.18. The Balaban J connectivity index is 2.67. The standard InChI is InChI=1S/C8H8S/c1-2-3-5-8-6-4-7-9-8/h2-7H,1H2. The summed E-state index contributed by atoms with van der Waals surface area (Å²) < 4.78 is 0. The molecule has 0 aliphatic heterocycles. The van der Waals surface area contributed by atoms with Gasteiger partial charge >= 0.3 is 0 Å². The molecule has 0 unspecified atom stereocenters. The Morgan fingerprint density at radius 1 is 1.56 bits per heavy atom. The number of thiophene rings is 1. The lowest BCUT2D eigenvalue weighted by Crippen LogP contribution is -1.51. The third-order valence-electron chi connectivity index (χ3n) is 0.940. The van der Waals surface area contributed by atoms with E-state index >= 15 is 0 Å². The third kappa shape index (κ3) is 1.86. The van der Waals surface area contributed by atoms with Gasteiger partial charge in [0.25, 0.3) is 0 Å². The van der Waals surface area contributed by atoms with Crippen LogP contribution in [0.25, 0.3) is 6.08 Å². The zero-order valence-electron chi connectivity index (χ0n) is 5.08. The van der Waals surface area contributed by atoms with Crippen LogP contribution in [0.1, 0.15) is 4.88 Å². The van der Waals surface area contributed by atoms with Crippen LogP contribution in [0.2, 0.25) is 0 Å². The van der Waals surface area contributed by atoms with Crippen LogP contribution in [-0.2, 0) is 0 Å². The molecule has 0 atom stereocenters. The molecule has 1 aromatic rings. The molecule has 0 aromatic carbocycles. The molecule has 1 aromatic heterocycles. The van der Waals surface area contributed by atoms with Gasteiger partial charge in [0.05, 0.1) is 0 Å². The first-order chi connectivity index (χ1) is 4.43. The summed E-state index contributed by atoms with van der Waals surface area (Å²) in [4.78, 5) is 1.27. The van der Waals surface area contributed by atoms with Crippen molar-refractivity contribution in [2.45, 2.75) is 0 Å². The largest absolute Gasteiger partial charge is 0.144 e. The molecule has 1 heteroatoms. The Morgan fingerprint density at radius 3 is 3.00 bits per heavy atom. The fraction of sp³-hybridized carbons (Fsp3) is 0. The summed E-state index contributed by atoms with van der Waals surface area (Å²) in [5.74, 6) is 0. The number of rotatable bonds is 2. The quantitative estimate of drug-likeness (QED) is 0.548. The van der Waals surface area contributed by atoms with E-state index in [0.29, 0.717) is 0 Å². The van der Waals surface area contributed by atoms with Gasteiger partial charge in [0, 0.05) is 4.88 Å². The van der Waals surface area contributed by atoms with Crippen molar-refractivity contribution in [3.8, 4) is 0 Å². The predicted molar refractivity (Wildman–Crippen MR) is 43.6 cm³/mol. The maximum atomic E-state index is 3.58. The average Bonchev–Trinajstić information content (AvgIpc) is 2.34. The van der Waals surface area contributed by atoms with Gasteiger partial charge in [0.15, 0.2) is 0 Å².